The molecule has 1 saturated heterocycles. The summed E-state index contributed by atoms with van der Waals surface area (Å²) in [5.41, 5.74) is 2.76. The molecule has 1 nitrogen and oxygen atoms in total. The highest BCUT2D eigenvalue weighted by Gasteiger charge is 2.27. The second-order valence-electron chi connectivity index (χ2n) is 4.89. The Morgan fingerprint density at radius 3 is 2.94 bits per heavy atom. The van der Waals surface area contributed by atoms with E-state index >= 15 is 0 Å². The lowest BCUT2D eigenvalue weighted by molar-refractivity contribution is 0.222. The first-order chi connectivity index (χ1) is 7.70. The predicted octanol–water partition coefficient (Wildman–Crippen LogP) is 3.53. The smallest absolute Gasteiger partial charge is 0.0282 e. The van der Waals surface area contributed by atoms with Crippen LogP contribution < -0.4 is 0 Å². The maximum Gasteiger partial charge on any atom is 0.0282 e. The first-order valence-corrected chi connectivity index (χ1v) is 6.14. The van der Waals surface area contributed by atoms with E-state index in [-0.39, 0.29) is 0 Å². The lowest BCUT2D eigenvalue weighted by atomic mass is 10.1. The Kier molecular flexibility index (Phi) is 3.45. The van der Waals surface area contributed by atoms with Crippen molar-refractivity contribution in [2.45, 2.75) is 45.3 Å². The molecule has 1 fully saturated rings. The lowest BCUT2D eigenvalue weighted by Gasteiger charge is -2.26. The van der Waals surface area contributed by atoms with E-state index in [9.17, 15) is 0 Å². The molecule has 0 amide bonds. The molecule has 1 aromatic rings. The van der Waals surface area contributed by atoms with Crippen LogP contribution in [0.15, 0.2) is 36.9 Å². The number of likely N-dealkylation sites (tertiary alicyclic amines) is 1. The molecule has 1 heterocycles. The van der Waals surface area contributed by atoms with Gasteiger partial charge >= 0.3 is 0 Å². The summed E-state index contributed by atoms with van der Waals surface area (Å²) in [7, 11) is 0. The van der Waals surface area contributed by atoms with Crippen LogP contribution in [0.4, 0.5) is 0 Å². The molecule has 1 heteroatoms. The number of nitrogens with zero attached hydrogens (tertiary/aromatic N) is 1. The maximum atomic E-state index is 3.94. The van der Waals surface area contributed by atoms with Crippen molar-refractivity contribution in [3.8, 4) is 0 Å². The molecule has 0 radical (unpaired) electrons. The molecule has 16 heavy (non-hydrogen) atoms. The molecule has 0 spiro atoms. The zero-order valence-electron chi connectivity index (χ0n) is 10.3. The van der Waals surface area contributed by atoms with Crippen LogP contribution in [0.3, 0.4) is 0 Å². The van der Waals surface area contributed by atoms with Gasteiger partial charge < -0.3 is 0 Å². The molecule has 0 N–H and O–H groups in total. The van der Waals surface area contributed by atoms with E-state index in [2.05, 4.69) is 55.7 Å². The van der Waals surface area contributed by atoms with Gasteiger partial charge in [-0.2, -0.15) is 0 Å². The fourth-order valence-corrected chi connectivity index (χ4v) is 2.62. The molecule has 2 atom stereocenters. The van der Waals surface area contributed by atoms with Gasteiger partial charge in [-0.25, -0.2) is 0 Å². The molecule has 2 rings (SSSR count). The van der Waals surface area contributed by atoms with E-state index in [0.717, 1.165) is 6.54 Å². The summed E-state index contributed by atoms with van der Waals surface area (Å²) in [5, 5.41) is 0. The summed E-state index contributed by atoms with van der Waals surface area (Å²) in [6.45, 7) is 9.47. The Morgan fingerprint density at radius 2 is 2.25 bits per heavy atom. The molecule has 1 aliphatic heterocycles. The van der Waals surface area contributed by atoms with Crippen molar-refractivity contribution in [2.75, 3.05) is 0 Å². The molecule has 0 bridgehead atoms. The second kappa shape index (κ2) is 4.84. The Labute approximate surface area is 98.8 Å². The summed E-state index contributed by atoms with van der Waals surface area (Å²) < 4.78 is 0. The van der Waals surface area contributed by atoms with Crippen LogP contribution in [-0.4, -0.2) is 17.0 Å². The highest BCUT2D eigenvalue weighted by molar-refractivity contribution is 5.22. The highest BCUT2D eigenvalue weighted by atomic mass is 15.2. The summed E-state index contributed by atoms with van der Waals surface area (Å²) in [6, 6.07) is 10.1. The highest BCUT2D eigenvalue weighted by Crippen LogP contribution is 2.26. The van der Waals surface area contributed by atoms with Crippen molar-refractivity contribution in [1.82, 2.24) is 4.90 Å². The summed E-state index contributed by atoms with van der Waals surface area (Å²) in [4.78, 5) is 2.56. The van der Waals surface area contributed by atoms with Crippen molar-refractivity contribution < 1.29 is 0 Å². The zero-order chi connectivity index (χ0) is 11.5. The van der Waals surface area contributed by atoms with Crippen LogP contribution in [0, 0.1) is 6.92 Å². The number of rotatable bonds is 3. The van der Waals surface area contributed by atoms with E-state index in [1.807, 2.05) is 0 Å². The van der Waals surface area contributed by atoms with E-state index in [1.165, 1.54) is 24.0 Å². The van der Waals surface area contributed by atoms with E-state index in [4.69, 9.17) is 0 Å². The van der Waals surface area contributed by atoms with Crippen LogP contribution in [0.2, 0.25) is 0 Å². The van der Waals surface area contributed by atoms with E-state index < -0.39 is 0 Å². The van der Waals surface area contributed by atoms with Gasteiger partial charge in [0.25, 0.3) is 0 Å². The van der Waals surface area contributed by atoms with Gasteiger partial charge in [-0.3, -0.25) is 4.90 Å². The van der Waals surface area contributed by atoms with E-state index in [1.54, 1.807) is 0 Å². The lowest BCUT2D eigenvalue weighted by Crippen LogP contribution is -2.32. The SMILES string of the molecule is C=CC1CCC(C)N1Cc1cccc(C)c1. The topological polar surface area (TPSA) is 3.24 Å². The molecule has 0 aliphatic carbocycles. The van der Waals surface area contributed by atoms with Crippen LogP contribution in [0.1, 0.15) is 30.9 Å². The molecular weight excluding hydrogens is 194 g/mol. The van der Waals surface area contributed by atoms with Crippen molar-refractivity contribution >= 4 is 0 Å². The average Bonchev–Trinajstić information content (AvgIpc) is 2.60. The van der Waals surface area contributed by atoms with Gasteiger partial charge in [-0.15, -0.1) is 6.58 Å². The molecule has 0 saturated carbocycles. The normalized spacial score (nSPS) is 25.9. The van der Waals surface area contributed by atoms with Crippen LogP contribution in [0.25, 0.3) is 0 Å². The monoisotopic (exact) mass is 215 g/mol. The number of benzene rings is 1. The average molecular weight is 215 g/mol. The predicted molar refractivity (Wildman–Crippen MR) is 69.4 cm³/mol. The number of hydrogen-bond acceptors (Lipinski definition) is 1. The minimum absolute atomic E-state index is 0.565. The third-order valence-electron chi connectivity index (χ3n) is 3.59. The molecule has 2 unspecified atom stereocenters. The van der Waals surface area contributed by atoms with E-state index in [0.29, 0.717) is 12.1 Å². The molecule has 1 aromatic carbocycles. The second-order valence-corrected chi connectivity index (χ2v) is 4.89. The molecular formula is C15H21N. The summed E-state index contributed by atoms with van der Waals surface area (Å²) in [5.74, 6) is 0. The van der Waals surface area contributed by atoms with Crippen LogP contribution in [-0.2, 0) is 6.54 Å². The molecule has 1 aliphatic rings. The standard InChI is InChI=1S/C15H21N/c1-4-15-9-8-13(3)16(15)11-14-7-5-6-12(2)10-14/h4-7,10,13,15H,1,8-9,11H2,2-3H3. The Hall–Kier alpha value is -1.08. The first-order valence-electron chi connectivity index (χ1n) is 6.14. The third-order valence-corrected chi connectivity index (χ3v) is 3.59. The van der Waals surface area contributed by atoms with Gasteiger partial charge in [0, 0.05) is 18.6 Å². The number of hydrogen-bond donors (Lipinski definition) is 0. The van der Waals surface area contributed by atoms with Crippen LogP contribution >= 0.6 is 0 Å². The number of aryl methyl sites for hydroxylation is 1. The fraction of sp³-hybridized carbons (Fsp3) is 0.467. The first kappa shape index (κ1) is 11.4. The van der Waals surface area contributed by atoms with Crippen molar-refractivity contribution in [1.29, 1.82) is 0 Å². The van der Waals surface area contributed by atoms with Gasteiger partial charge in [-0.1, -0.05) is 35.9 Å². The maximum absolute atomic E-state index is 3.94. The van der Waals surface area contributed by atoms with Crippen molar-refractivity contribution in [3.63, 3.8) is 0 Å². The molecule has 0 aromatic heterocycles. The Morgan fingerprint density at radius 1 is 1.44 bits per heavy atom. The Bertz CT molecular complexity index is 369. The van der Waals surface area contributed by atoms with Gasteiger partial charge in [0.2, 0.25) is 0 Å². The summed E-state index contributed by atoms with van der Waals surface area (Å²) in [6.07, 6.45) is 4.65. The fourth-order valence-electron chi connectivity index (χ4n) is 2.62. The minimum Gasteiger partial charge on any atom is -0.290 e. The third kappa shape index (κ3) is 2.35. The largest absolute Gasteiger partial charge is 0.290 e. The molecule has 86 valence electrons. The Balaban J connectivity index is 2.11. The minimum atomic E-state index is 0.565. The van der Waals surface area contributed by atoms with Crippen molar-refractivity contribution in [3.05, 3.63) is 48.0 Å². The van der Waals surface area contributed by atoms with Gasteiger partial charge in [-0.05, 0) is 32.3 Å². The van der Waals surface area contributed by atoms with Gasteiger partial charge in [0.05, 0.1) is 0 Å². The van der Waals surface area contributed by atoms with Crippen LogP contribution in [0.5, 0.6) is 0 Å². The van der Waals surface area contributed by atoms with Crippen molar-refractivity contribution in [2.24, 2.45) is 0 Å². The quantitative estimate of drug-likeness (QED) is 0.697. The summed E-state index contributed by atoms with van der Waals surface area (Å²) >= 11 is 0. The van der Waals surface area contributed by atoms with Gasteiger partial charge in [0.15, 0.2) is 0 Å². The van der Waals surface area contributed by atoms with Gasteiger partial charge in [0.1, 0.15) is 0 Å². The zero-order valence-corrected chi connectivity index (χ0v) is 10.3.